The summed E-state index contributed by atoms with van der Waals surface area (Å²) in [7, 11) is 0. The summed E-state index contributed by atoms with van der Waals surface area (Å²) in [5.74, 6) is -0.592. The topological polar surface area (TPSA) is 53.3 Å². The van der Waals surface area contributed by atoms with Gasteiger partial charge in [-0.05, 0) is 30.2 Å². The summed E-state index contributed by atoms with van der Waals surface area (Å²) < 4.78 is 6.07. The number of halogens is 1. The molecule has 0 spiro atoms. The Bertz CT molecular complexity index is 931. The van der Waals surface area contributed by atoms with E-state index in [2.05, 4.69) is 15.9 Å². The molecule has 1 aliphatic heterocycles. The standard InChI is InChI=1S/C21H17BrN2O2S/c1-2-26-21(25)18(12-23)20-24(13-15-6-4-3-5-7-15)19(14-27-20)16-8-10-17(22)11-9-16/h3-11,14H,2,13H2,1H3. The first kappa shape index (κ1) is 19.3. The molecular weight excluding hydrogens is 424 g/mol. The largest absolute Gasteiger partial charge is 0.462 e. The average Bonchev–Trinajstić information content (AvgIpc) is 3.07. The minimum absolute atomic E-state index is 0.0288. The van der Waals surface area contributed by atoms with Gasteiger partial charge in [0.15, 0.2) is 5.57 Å². The molecule has 27 heavy (non-hydrogen) atoms. The molecule has 0 bridgehead atoms. The lowest BCUT2D eigenvalue weighted by atomic mass is 10.1. The predicted octanol–water partition coefficient (Wildman–Crippen LogP) is 5.29. The molecule has 0 radical (unpaired) electrons. The Labute approximate surface area is 171 Å². The minimum Gasteiger partial charge on any atom is -0.462 e. The summed E-state index contributed by atoms with van der Waals surface area (Å²) in [6, 6.07) is 19.9. The highest BCUT2D eigenvalue weighted by Gasteiger charge is 2.29. The molecule has 0 aromatic heterocycles. The van der Waals surface area contributed by atoms with E-state index in [1.165, 1.54) is 11.8 Å². The van der Waals surface area contributed by atoms with Crippen molar-refractivity contribution >= 4 is 39.4 Å². The summed E-state index contributed by atoms with van der Waals surface area (Å²) >= 11 is 4.83. The molecule has 2 aromatic carbocycles. The zero-order valence-electron chi connectivity index (χ0n) is 14.7. The Hall–Kier alpha value is -2.49. The fourth-order valence-corrected chi connectivity index (χ4v) is 3.98. The van der Waals surface area contributed by atoms with Crippen LogP contribution in [-0.4, -0.2) is 17.5 Å². The van der Waals surface area contributed by atoms with Crippen LogP contribution in [0, 0.1) is 11.3 Å². The van der Waals surface area contributed by atoms with Gasteiger partial charge in [-0.15, -0.1) is 0 Å². The van der Waals surface area contributed by atoms with Gasteiger partial charge in [0.2, 0.25) is 0 Å². The van der Waals surface area contributed by atoms with E-state index in [1.807, 2.05) is 71.0 Å². The molecule has 3 rings (SSSR count). The molecule has 0 aliphatic carbocycles. The molecule has 0 fully saturated rings. The first-order valence-corrected chi connectivity index (χ1v) is 10.1. The van der Waals surface area contributed by atoms with E-state index < -0.39 is 5.97 Å². The van der Waals surface area contributed by atoms with Crippen LogP contribution >= 0.6 is 27.7 Å². The van der Waals surface area contributed by atoms with Gasteiger partial charge < -0.3 is 9.64 Å². The van der Waals surface area contributed by atoms with E-state index in [0.29, 0.717) is 11.6 Å². The van der Waals surface area contributed by atoms with Gasteiger partial charge in [0.1, 0.15) is 11.1 Å². The van der Waals surface area contributed by atoms with Crippen LogP contribution in [0.4, 0.5) is 0 Å². The molecule has 0 saturated heterocycles. The van der Waals surface area contributed by atoms with Gasteiger partial charge in [0.25, 0.3) is 0 Å². The molecule has 1 aliphatic rings. The third-order valence-electron chi connectivity index (χ3n) is 3.95. The van der Waals surface area contributed by atoms with Crippen LogP contribution in [0.2, 0.25) is 0 Å². The van der Waals surface area contributed by atoms with Crippen molar-refractivity contribution in [3.05, 3.63) is 86.2 Å². The van der Waals surface area contributed by atoms with E-state index in [9.17, 15) is 10.1 Å². The van der Waals surface area contributed by atoms with Crippen LogP contribution in [0.3, 0.4) is 0 Å². The molecule has 1 heterocycles. The minimum atomic E-state index is -0.592. The van der Waals surface area contributed by atoms with Crippen molar-refractivity contribution in [2.24, 2.45) is 0 Å². The molecule has 4 nitrogen and oxygen atoms in total. The highest BCUT2D eigenvalue weighted by atomic mass is 79.9. The van der Waals surface area contributed by atoms with E-state index in [1.54, 1.807) is 6.92 Å². The van der Waals surface area contributed by atoms with E-state index >= 15 is 0 Å². The molecule has 136 valence electrons. The third kappa shape index (κ3) is 4.44. The maximum Gasteiger partial charge on any atom is 0.351 e. The second-order valence-corrected chi connectivity index (χ2v) is 7.49. The molecule has 0 unspecified atom stereocenters. The SMILES string of the molecule is CCOC(=O)C(C#N)=C1SC=C(c2ccc(Br)cc2)N1Cc1ccccc1. The van der Waals surface area contributed by atoms with Crippen molar-refractivity contribution in [2.75, 3.05) is 6.61 Å². The zero-order valence-corrected chi connectivity index (χ0v) is 17.1. The van der Waals surface area contributed by atoms with Crippen molar-refractivity contribution in [1.82, 2.24) is 4.90 Å². The molecular formula is C21H17BrN2O2S. The second-order valence-electron chi connectivity index (χ2n) is 5.71. The summed E-state index contributed by atoms with van der Waals surface area (Å²) in [6.07, 6.45) is 0. The Balaban J connectivity index is 2.03. The average molecular weight is 441 g/mol. The molecule has 2 aromatic rings. The van der Waals surface area contributed by atoms with Gasteiger partial charge in [0, 0.05) is 16.4 Å². The van der Waals surface area contributed by atoms with Gasteiger partial charge in [-0.3, -0.25) is 0 Å². The highest BCUT2D eigenvalue weighted by Crippen LogP contribution is 2.42. The molecule has 0 saturated carbocycles. The van der Waals surface area contributed by atoms with Crippen LogP contribution < -0.4 is 0 Å². The van der Waals surface area contributed by atoms with Crippen molar-refractivity contribution in [2.45, 2.75) is 13.5 Å². The van der Waals surface area contributed by atoms with E-state index in [-0.39, 0.29) is 12.2 Å². The number of carbonyl (C=O) groups is 1. The monoisotopic (exact) mass is 440 g/mol. The van der Waals surface area contributed by atoms with E-state index in [0.717, 1.165) is 21.3 Å². The lowest BCUT2D eigenvalue weighted by molar-refractivity contribution is -0.138. The number of hydrogen-bond donors (Lipinski definition) is 0. The normalized spacial score (nSPS) is 15.1. The maximum atomic E-state index is 12.3. The number of thioether (sulfide) groups is 1. The first-order valence-electron chi connectivity index (χ1n) is 8.39. The van der Waals surface area contributed by atoms with Crippen molar-refractivity contribution in [3.8, 4) is 6.07 Å². The number of nitrogens with zero attached hydrogens (tertiary/aromatic N) is 2. The first-order chi connectivity index (χ1) is 13.1. The fraction of sp³-hybridized carbons (Fsp3) is 0.143. The number of ether oxygens (including phenoxy) is 1. The summed E-state index contributed by atoms with van der Waals surface area (Å²) in [5.41, 5.74) is 3.07. The summed E-state index contributed by atoms with van der Waals surface area (Å²) in [4.78, 5) is 14.3. The van der Waals surface area contributed by atoms with Crippen LogP contribution in [-0.2, 0) is 16.1 Å². The number of carbonyl (C=O) groups excluding carboxylic acids is 1. The Morgan fingerprint density at radius 3 is 2.52 bits per heavy atom. The highest BCUT2D eigenvalue weighted by molar-refractivity contribution is 9.10. The Morgan fingerprint density at radius 2 is 1.89 bits per heavy atom. The number of nitriles is 1. The zero-order chi connectivity index (χ0) is 19.2. The number of hydrogen-bond acceptors (Lipinski definition) is 5. The second kappa shape index (κ2) is 8.94. The molecule has 0 amide bonds. The van der Waals surface area contributed by atoms with Crippen LogP contribution in [0.25, 0.3) is 5.70 Å². The maximum absolute atomic E-state index is 12.3. The number of esters is 1. The molecule has 0 atom stereocenters. The lowest BCUT2D eigenvalue weighted by Gasteiger charge is -2.24. The smallest absolute Gasteiger partial charge is 0.351 e. The van der Waals surface area contributed by atoms with Crippen LogP contribution in [0.15, 0.2) is 75.1 Å². The number of benzene rings is 2. The molecule has 0 N–H and O–H groups in total. The third-order valence-corrected chi connectivity index (χ3v) is 5.46. The Kier molecular flexibility index (Phi) is 6.38. The Morgan fingerprint density at radius 1 is 1.19 bits per heavy atom. The van der Waals surface area contributed by atoms with Gasteiger partial charge in [-0.1, -0.05) is 70.2 Å². The van der Waals surface area contributed by atoms with Gasteiger partial charge >= 0.3 is 5.97 Å². The van der Waals surface area contributed by atoms with Gasteiger partial charge in [-0.2, -0.15) is 5.26 Å². The molecule has 6 heteroatoms. The van der Waals surface area contributed by atoms with Crippen molar-refractivity contribution in [1.29, 1.82) is 5.26 Å². The number of rotatable bonds is 5. The van der Waals surface area contributed by atoms with Crippen molar-refractivity contribution in [3.63, 3.8) is 0 Å². The summed E-state index contributed by atoms with van der Waals surface area (Å²) in [6.45, 7) is 2.51. The van der Waals surface area contributed by atoms with Crippen LogP contribution in [0.5, 0.6) is 0 Å². The van der Waals surface area contributed by atoms with E-state index in [4.69, 9.17) is 4.74 Å². The van der Waals surface area contributed by atoms with Gasteiger partial charge in [-0.25, -0.2) is 4.79 Å². The predicted molar refractivity (Wildman–Crippen MR) is 111 cm³/mol. The quantitative estimate of drug-likeness (QED) is 0.358. The lowest BCUT2D eigenvalue weighted by Crippen LogP contribution is -2.20. The summed E-state index contributed by atoms with van der Waals surface area (Å²) in [5, 5.41) is 12.1. The van der Waals surface area contributed by atoms with Crippen LogP contribution in [0.1, 0.15) is 18.1 Å². The van der Waals surface area contributed by atoms with Gasteiger partial charge in [0.05, 0.1) is 12.3 Å². The fourth-order valence-electron chi connectivity index (χ4n) is 2.69. The van der Waals surface area contributed by atoms with Crippen molar-refractivity contribution < 1.29 is 9.53 Å².